The van der Waals surface area contributed by atoms with Crippen LogP contribution in [0.2, 0.25) is 0 Å². The molecule has 0 radical (unpaired) electrons. The first-order valence-corrected chi connectivity index (χ1v) is 6.48. The summed E-state index contributed by atoms with van der Waals surface area (Å²) in [6.07, 6.45) is 3.20. The van der Waals surface area contributed by atoms with Gasteiger partial charge in [0.2, 0.25) is 0 Å². The number of hydrogen-bond acceptors (Lipinski definition) is 3. The Labute approximate surface area is 106 Å². The smallest absolute Gasteiger partial charge is 0.334 e. The predicted molar refractivity (Wildman–Crippen MR) is 64.4 cm³/mol. The first-order chi connectivity index (χ1) is 8.56. The zero-order valence-corrected chi connectivity index (χ0v) is 10.6. The molecule has 6 nitrogen and oxygen atoms in total. The number of carbonyl (C=O) groups is 2. The number of nitrogens with one attached hydrogen (secondary N) is 1. The van der Waals surface area contributed by atoms with Gasteiger partial charge in [0.1, 0.15) is 0 Å². The first kappa shape index (κ1) is 13.1. The second kappa shape index (κ2) is 5.14. The molecule has 2 fully saturated rings. The van der Waals surface area contributed by atoms with E-state index in [0.29, 0.717) is 6.54 Å². The molecule has 18 heavy (non-hydrogen) atoms. The van der Waals surface area contributed by atoms with Gasteiger partial charge >= 0.3 is 12.0 Å². The summed E-state index contributed by atoms with van der Waals surface area (Å²) >= 11 is 0. The van der Waals surface area contributed by atoms with E-state index in [0.717, 1.165) is 25.7 Å². The number of hydrogen-bond donors (Lipinski definition) is 2. The van der Waals surface area contributed by atoms with Crippen molar-refractivity contribution in [1.29, 1.82) is 0 Å². The molecule has 0 aromatic heterocycles. The van der Waals surface area contributed by atoms with Crippen LogP contribution in [0.1, 0.15) is 32.6 Å². The number of aliphatic carboxylic acids is 1. The van der Waals surface area contributed by atoms with Crippen LogP contribution in [-0.4, -0.2) is 53.3 Å². The van der Waals surface area contributed by atoms with E-state index in [2.05, 4.69) is 12.2 Å². The van der Waals surface area contributed by atoms with Crippen LogP contribution in [0.15, 0.2) is 0 Å². The zero-order chi connectivity index (χ0) is 13.2. The molecule has 1 aliphatic heterocycles. The Bertz CT molecular complexity index is 335. The Morgan fingerprint density at radius 2 is 2.22 bits per heavy atom. The van der Waals surface area contributed by atoms with Crippen molar-refractivity contribution in [2.45, 2.75) is 44.2 Å². The minimum absolute atomic E-state index is 0.0614. The summed E-state index contributed by atoms with van der Waals surface area (Å²) in [7, 11) is 0. The minimum Gasteiger partial charge on any atom is -0.479 e. The van der Waals surface area contributed by atoms with Crippen LogP contribution in [0.5, 0.6) is 0 Å². The number of ether oxygens (including phenoxy) is 1. The third-order valence-corrected chi connectivity index (χ3v) is 3.99. The van der Waals surface area contributed by atoms with Crippen LogP contribution < -0.4 is 5.32 Å². The molecular weight excluding hydrogens is 236 g/mol. The minimum atomic E-state index is -1.01. The molecule has 0 bridgehead atoms. The van der Waals surface area contributed by atoms with E-state index in [1.807, 2.05) is 0 Å². The Kier molecular flexibility index (Phi) is 3.75. The second-order valence-electron chi connectivity index (χ2n) is 5.06. The molecule has 0 spiro atoms. The van der Waals surface area contributed by atoms with Gasteiger partial charge in [-0.2, -0.15) is 0 Å². The maximum absolute atomic E-state index is 12.1. The topological polar surface area (TPSA) is 78.9 Å². The normalized spacial score (nSPS) is 26.3. The van der Waals surface area contributed by atoms with Crippen molar-refractivity contribution < 1.29 is 19.4 Å². The Balaban J connectivity index is 1.90. The highest BCUT2D eigenvalue weighted by Gasteiger charge is 2.38. The van der Waals surface area contributed by atoms with Gasteiger partial charge in [0.05, 0.1) is 13.2 Å². The van der Waals surface area contributed by atoms with Gasteiger partial charge in [0.25, 0.3) is 0 Å². The highest BCUT2D eigenvalue weighted by Crippen LogP contribution is 2.34. The zero-order valence-electron chi connectivity index (χ0n) is 10.6. The lowest BCUT2D eigenvalue weighted by Gasteiger charge is -2.43. The molecule has 2 amide bonds. The van der Waals surface area contributed by atoms with Crippen molar-refractivity contribution in [3.05, 3.63) is 0 Å². The molecule has 1 unspecified atom stereocenters. The lowest BCUT2D eigenvalue weighted by Crippen LogP contribution is -2.59. The van der Waals surface area contributed by atoms with Gasteiger partial charge < -0.3 is 20.1 Å². The van der Waals surface area contributed by atoms with E-state index in [-0.39, 0.29) is 24.7 Å². The van der Waals surface area contributed by atoms with Gasteiger partial charge in [-0.3, -0.25) is 0 Å². The SMILES string of the molecule is CCC1(NC(=O)N2CCOC(C(=O)O)C2)CCC1. The van der Waals surface area contributed by atoms with Crippen LogP contribution >= 0.6 is 0 Å². The number of rotatable bonds is 3. The molecule has 1 atom stereocenters. The predicted octanol–water partition coefficient (Wildman–Crippen LogP) is 0.814. The molecule has 1 saturated heterocycles. The molecule has 2 aliphatic rings. The van der Waals surface area contributed by atoms with Gasteiger partial charge in [-0.1, -0.05) is 6.92 Å². The van der Waals surface area contributed by atoms with Crippen molar-refractivity contribution in [3.8, 4) is 0 Å². The fourth-order valence-electron chi connectivity index (χ4n) is 2.46. The van der Waals surface area contributed by atoms with Crippen LogP contribution in [0.25, 0.3) is 0 Å². The summed E-state index contributed by atoms with van der Waals surface area (Å²) in [4.78, 5) is 24.5. The molecule has 2 N–H and O–H groups in total. The molecule has 1 aliphatic carbocycles. The Morgan fingerprint density at radius 1 is 1.50 bits per heavy atom. The van der Waals surface area contributed by atoms with Gasteiger partial charge in [0.15, 0.2) is 6.10 Å². The maximum atomic E-state index is 12.1. The molecular formula is C12H20N2O4. The second-order valence-corrected chi connectivity index (χ2v) is 5.06. The van der Waals surface area contributed by atoms with Gasteiger partial charge in [-0.25, -0.2) is 9.59 Å². The summed E-state index contributed by atoms with van der Waals surface area (Å²) in [5.41, 5.74) is -0.0614. The number of amides is 2. The molecule has 1 saturated carbocycles. The monoisotopic (exact) mass is 256 g/mol. The van der Waals surface area contributed by atoms with Crippen molar-refractivity contribution in [2.24, 2.45) is 0 Å². The van der Waals surface area contributed by atoms with Crippen LogP contribution in [0.4, 0.5) is 4.79 Å². The van der Waals surface area contributed by atoms with E-state index in [4.69, 9.17) is 9.84 Å². The Morgan fingerprint density at radius 3 is 2.72 bits per heavy atom. The third-order valence-electron chi connectivity index (χ3n) is 3.99. The summed E-state index contributed by atoms with van der Waals surface area (Å²) < 4.78 is 5.10. The fraction of sp³-hybridized carbons (Fsp3) is 0.833. The number of carboxylic acids is 1. The van der Waals surface area contributed by atoms with Crippen molar-refractivity contribution >= 4 is 12.0 Å². The van der Waals surface area contributed by atoms with Gasteiger partial charge in [-0.05, 0) is 25.7 Å². The lowest BCUT2D eigenvalue weighted by atomic mass is 9.75. The number of morpholine rings is 1. The van der Waals surface area contributed by atoms with E-state index in [1.54, 1.807) is 0 Å². The summed E-state index contributed by atoms with van der Waals surface area (Å²) in [6, 6.07) is -0.161. The number of carboxylic acid groups (broad SMARTS) is 1. The highest BCUT2D eigenvalue weighted by molar-refractivity contribution is 5.78. The summed E-state index contributed by atoms with van der Waals surface area (Å²) in [5, 5.41) is 11.9. The van der Waals surface area contributed by atoms with Crippen molar-refractivity contribution in [3.63, 3.8) is 0 Å². The van der Waals surface area contributed by atoms with E-state index in [9.17, 15) is 9.59 Å². The maximum Gasteiger partial charge on any atom is 0.334 e. The van der Waals surface area contributed by atoms with Crippen LogP contribution in [0.3, 0.4) is 0 Å². The van der Waals surface area contributed by atoms with E-state index in [1.165, 1.54) is 4.90 Å². The highest BCUT2D eigenvalue weighted by atomic mass is 16.5. The number of nitrogens with zero attached hydrogens (tertiary/aromatic N) is 1. The van der Waals surface area contributed by atoms with Crippen molar-refractivity contribution in [2.75, 3.05) is 19.7 Å². The quantitative estimate of drug-likeness (QED) is 0.783. The fourth-order valence-corrected chi connectivity index (χ4v) is 2.46. The third kappa shape index (κ3) is 2.58. The van der Waals surface area contributed by atoms with E-state index < -0.39 is 12.1 Å². The van der Waals surface area contributed by atoms with Gasteiger partial charge in [-0.15, -0.1) is 0 Å². The van der Waals surface area contributed by atoms with Crippen molar-refractivity contribution in [1.82, 2.24) is 10.2 Å². The summed E-state index contributed by atoms with van der Waals surface area (Å²) in [5.74, 6) is -1.01. The largest absolute Gasteiger partial charge is 0.479 e. The first-order valence-electron chi connectivity index (χ1n) is 6.48. The average molecular weight is 256 g/mol. The number of carbonyl (C=O) groups excluding carboxylic acids is 1. The van der Waals surface area contributed by atoms with Gasteiger partial charge in [0, 0.05) is 12.1 Å². The van der Waals surface area contributed by atoms with E-state index >= 15 is 0 Å². The lowest BCUT2D eigenvalue weighted by molar-refractivity contribution is -0.154. The Hall–Kier alpha value is -1.30. The van der Waals surface area contributed by atoms with Crippen LogP contribution in [0, 0.1) is 0 Å². The molecule has 0 aromatic carbocycles. The molecule has 1 heterocycles. The average Bonchev–Trinajstić information content (AvgIpc) is 2.33. The number of urea groups is 1. The molecule has 102 valence electrons. The molecule has 2 rings (SSSR count). The van der Waals surface area contributed by atoms with Crippen LogP contribution in [-0.2, 0) is 9.53 Å². The molecule has 0 aromatic rings. The molecule has 6 heteroatoms. The standard InChI is InChI=1S/C12H20N2O4/c1-2-12(4-3-5-12)13-11(17)14-6-7-18-9(8-14)10(15)16/h9H,2-8H2,1H3,(H,13,17)(H,15,16). The summed E-state index contributed by atoms with van der Waals surface area (Å²) in [6.45, 7) is 2.93.